The SMILES string of the molecule is O=C(CN1CCCC2(CCOCC2)C1)Nc1cc(C2CC2)nn1-c1ccccc1. The average molecular weight is 395 g/mol. The molecule has 0 bridgehead atoms. The number of ether oxygens (including phenoxy) is 1. The van der Waals surface area contributed by atoms with Gasteiger partial charge in [-0.2, -0.15) is 5.10 Å². The first kappa shape index (κ1) is 18.8. The second kappa shape index (κ2) is 7.92. The molecule has 1 spiro atoms. The molecule has 1 aromatic carbocycles. The molecule has 29 heavy (non-hydrogen) atoms. The van der Waals surface area contributed by atoms with Gasteiger partial charge >= 0.3 is 0 Å². The summed E-state index contributed by atoms with van der Waals surface area (Å²) in [4.78, 5) is 15.2. The van der Waals surface area contributed by atoms with Crippen molar-refractivity contribution in [3.05, 3.63) is 42.1 Å². The van der Waals surface area contributed by atoms with Crippen molar-refractivity contribution in [2.45, 2.75) is 44.4 Å². The smallest absolute Gasteiger partial charge is 0.239 e. The Morgan fingerprint density at radius 2 is 1.97 bits per heavy atom. The number of nitrogens with one attached hydrogen (secondary N) is 1. The zero-order valence-electron chi connectivity index (χ0n) is 17.0. The molecule has 0 radical (unpaired) electrons. The topological polar surface area (TPSA) is 59.4 Å². The number of hydrogen-bond acceptors (Lipinski definition) is 4. The Labute approximate surface area is 172 Å². The minimum Gasteiger partial charge on any atom is -0.381 e. The van der Waals surface area contributed by atoms with Gasteiger partial charge in [0.15, 0.2) is 0 Å². The summed E-state index contributed by atoms with van der Waals surface area (Å²) in [5.74, 6) is 1.38. The molecule has 1 N–H and O–H groups in total. The number of anilines is 1. The van der Waals surface area contributed by atoms with Crippen LogP contribution in [-0.4, -0.2) is 53.4 Å². The molecule has 0 atom stereocenters. The molecule has 3 fully saturated rings. The monoisotopic (exact) mass is 394 g/mol. The number of piperidine rings is 1. The first-order valence-electron chi connectivity index (χ1n) is 11.0. The molecule has 3 heterocycles. The summed E-state index contributed by atoms with van der Waals surface area (Å²) in [6.07, 6.45) is 7.06. The van der Waals surface area contributed by atoms with Gasteiger partial charge in [0, 0.05) is 31.7 Å². The highest BCUT2D eigenvalue weighted by Crippen LogP contribution is 2.41. The van der Waals surface area contributed by atoms with Crippen molar-refractivity contribution in [2.24, 2.45) is 5.41 Å². The Hall–Kier alpha value is -2.18. The van der Waals surface area contributed by atoms with E-state index in [0.29, 0.717) is 17.9 Å². The van der Waals surface area contributed by atoms with Crippen molar-refractivity contribution in [3.63, 3.8) is 0 Å². The van der Waals surface area contributed by atoms with Crippen LogP contribution in [0.3, 0.4) is 0 Å². The third kappa shape index (κ3) is 4.23. The summed E-state index contributed by atoms with van der Waals surface area (Å²) in [5.41, 5.74) is 2.42. The van der Waals surface area contributed by atoms with Crippen molar-refractivity contribution in [1.29, 1.82) is 0 Å². The van der Waals surface area contributed by atoms with Crippen LogP contribution in [0.2, 0.25) is 0 Å². The third-order valence-electron chi connectivity index (χ3n) is 6.65. The standard InChI is InChI=1S/C23H30N4O2/c28-22(16-26-12-4-9-23(17-26)10-13-29-14-11-23)24-21-15-20(18-7-8-18)25-27(21)19-5-2-1-3-6-19/h1-3,5-6,15,18H,4,7-14,16-17H2,(H,24,28). The maximum absolute atomic E-state index is 12.9. The number of likely N-dealkylation sites (tertiary alicyclic amines) is 1. The molecule has 1 saturated carbocycles. The van der Waals surface area contributed by atoms with E-state index in [4.69, 9.17) is 9.84 Å². The Morgan fingerprint density at radius 1 is 1.17 bits per heavy atom. The molecular weight excluding hydrogens is 364 g/mol. The van der Waals surface area contributed by atoms with Gasteiger partial charge in [0.2, 0.25) is 5.91 Å². The van der Waals surface area contributed by atoms with Crippen LogP contribution in [0.4, 0.5) is 5.82 Å². The van der Waals surface area contributed by atoms with Gasteiger partial charge in [-0.25, -0.2) is 4.68 Å². The van der Waals surface area contributed by atoms with Crippen LogP contribution >= 0.6 is 0 Å². The summed E-state index contributed by atoms with van der Waals surface area (Å²) in [7, 11) is 0. The first-order chi connectivity index (χ1) is 14.2. The second-order valence-electron chi connectivity index (χ2n) is 8.95. The summed E-state index contributed by atoms with van der Waals surface area (Å²) >= 11 is 0. The number of rotatable bonds is 5. The number of amides is 1. The van der Waals surface area contributed by atoms with E-state index in [-0.39, 0.29) is 5.91 Å². The number of carbonyl (C=O) groups is 1. The Kier molecular flexibility index (Phi) is 5.14. The minimum absolute atomic E-state index is 0.0496. The van der Waals surface area contributed by atoms with E-state index in [1.807, 2.05) is 35.0 Å². The van der Waals surface area contributed by atoms with Gasteiger partial charge in [-0.3, -0.25) is 9.69 Å². The van der Waals surface area contributed by atoms with Crippen LogP contribution in [0.25, 0.3) is 5.69 Å². The highest BCUT2D eigenvalue weighted by atomic mass is 16.5. The molecule has 3 aliphatic rings. The van der Waals surface area contributed by atoms with E-state index in [9.17, 15) is 4.79 Å². The van der Waals surface area contributed by atoms with Crippen LogP contribution in [0.1, 0.15) is 50.1 Å². The number of aromatic nitrogens is 2. The Balaban J connectivity index is 1.28. The van der Waals surface area contributed by atoms with Gasteiger partial charge in [-0.15, -0.1) is 0 Å². The lowest BCUT2D eigenvalue weighted by Gasteiger charge is -2.44. The van der Waals surface area contributed by atoms with Gasteiger partial charge in [0.1, 0.15) is 5.82 Å². The molecule has 1 amide bonds. The second-order valence-corrected chi connectivity index (χ2v) is 8.95. The first-order valence-corrected chi connectivity index (χ1v) is 11.0. The normalized spacial score (nSPS) is 21.9. The molecule has 6 heteroatoms. The highest BCUT2D eigenvalue weighted by molar-refractivity contribution is 5.91. The number of nitrogens with zero attached hydrogens (tertiary/aromatic N) is 3. The zero-order chi connectivity index (χ0) is 19.7. The van der Waals surface area contributed by atoms with Crippen LogP contribution in [0, 0.1) is 5.41 Å². The maximum Gasteiger partial charge on any atom is 0.239 e. The molecule has 6 nitrogen and oxygen atoms in total. The van der Waals surface area contributed by atoms with Crippen LogP contribution in [0.15, 0.2) is 36.4 Å². The quantitative estimate of drug-likeness (QED) is 0.842. The zero-order valence-corrected chi connectivity index (χ0v) is 17.0. The van der Waals surface area contributed by atoms with Crippen molar-refractivity contribution in [3.8, 4) is 5.69 Å². The third-order valence-corrected chi connectivity index (χ3v) is 6.65. The number of hydrogen-bond donors (Lipinski definition) is 1. The van der Waals surface area contributed by atoms with Crippen molar-refractivity contribution >= 4 is 11.7 Å². The Morgan fingerprint density at radius 3 is 2.72 bits per heavy atom. The lowest BCUT2D eigenvalue weighted by molar-refractivity contribution is -0.118. The molecule has 1 aliphatic carbocycles. The lowest BCUT2D eigenvalue weighted by atomic mass is 9.74. The molecule has 0 unspecified atom stereocenters. The minimum atomic E-state index is 0.0496. The number of benzene rings is 1. The molecule has 2 aromatic rings. The summed E-state index contributed by atoms with van der Waals surface area (Å²) < 4.78 is 7.44. The van der Waals surface area contributed by atoms with E-state index >= 15 is 0 Å². The van der Waals surface area contributed by atoms with Crippen LogP contribution in [-0.2, 0) is 9.53 Å². The maximum atomic E-state index is 12.9. The predicted octanol–water partition coefficient (Wildman–Crippen LogP) is 3.58. The molecule has 2 aliphatic heterocycles. The van der Waals surface area contributed by atoms with Crippen LogP contribution in [0.5, 0.6) is 0 Å². The fourth-order valence-electron chi connectivity index (χ4n) is 4.88. The van der Waals surface area contributed by atoms with E-state index < -0.39 is 0 Å². The van der Waals surface area contributed by atoms with E-state index in [0.717, 1.165) is 56.3 Å². The van der Waals surface area contributed by atoms with Gasteiger partial charge in [-0.05, 0) is 62.6 Å². The van der Waals surface area contributed by atoms with Gasteiger partial charge in [0.25, 0.3) is 0 Å². The number of para-hydroxylation sites is 1. The van der Waals surface area contributed by atoms with Gasteiger partial charge in [0.05, 0.1) is 17.9 Å². The largest absolute Gasteiger partial charge is 0.381 e. The van der Waals surface area contributed by atoms with Crippen molar-refractivity contribution in [1.82, 2.24) is 14.7 Å². The molecule has 5 rings (SSSR count). The summed E-state index contributed by atoms with van der Waals surface area (Å²) in [6, 6.07) is 12.1. The van der Waals surface area contributed by atoms with Gasteiger partial charge in [-0.1, -0.05) is 18.2 Å². The average Bonchev–Trinajstić information content (AvgIpc) is 3.50. The fourth-order valence-corrected chi connectivity index (χ4v) is 4.88. The molecule has 154 valence electrons. The van der Waals surface area contributed by atoms with E-state index in [2.05, 4.69) is 16.3 Å². The Bertz CT molecular complexity index is 848. The van der Waals surface area contributed by atoms with E-state index in [1.54, 1.807) is 0 Å². The lowest BCUT2D eigenvalue weighted by Crippen LogP contribution is -2.48. The molecule has 2 saturated heterocycles. The van der Waals surface area contributed by atoms with Gasteiger partial charge < -0.3 is 10.1 Å². The fraction of sp³-hybridized carbons (Fsp3) is 0.565. The van der Waals surface area contributed by atoms with Crippen molar-refractivity contribution in [2.75, 3.05) is 38.2 Å². The van der Waals surface area contributed by atoms with E-state index in [1.165, 1.54) is 25.7 Å². The summed E-state index contributed by atoms with van der Waals surface area (Å²) in [6.45, 7) is 4.18. The highest BCUT2D eigenvalue weighted by Gasteiger charge is 2.37. The van der Waals surface area contributed by atoms with Crippen molar-refractivity contribution < 1.29 is 9.53 Å². The van der Waals surface area contributed by atoms with Crippen LogP contribution < -0.4 is 5.32 Å². The number of carbonyl (C=O) groups excluding carboxylic acids is 1. The molecular formula is C23H30N4O2. The molecule has 1 aromatic heterocycles. The summed E-state index contributed by atoms with van der Waals surface area (Å²) in [5, 5.41) is 7.93. The predicted molar refractivity (Wildman–Crippen MR) is 112 cm³/mol.